The second-order valence-electron chi connectivity index (χ2n) is 5.64. The third-order valence-corrected chi connectivity index (χ3v) is 4.41. The standard InChI is InChI=1S/C16H15BrN8O/c1-3-24-9-10(17)15(22-24)12-4-6-18-14-8-11(20-25(12)14)16(26)19-13-5-7-23(2)21-13/h4-9H,3H2,1-2H3,(H,19,21,26). The molecule has 4 aromatic heterocycles. The highest BCUT2D eigenvalue weighted by molar-refractivity contribution is 9.10. The average Bonchev–Trinajstić information content (AvgIpc) is 3.32. The van der Waals surface area contributed by atoms with Crippen LogP contribution >= 0.6 is 15.9 Å². The molecule has 0 aliphatic carbocycles. The van der Waals surface area contributed by atoms with Gasteiger partial charge in [-0.25, -0.2) is 9.50 Å². The number of carbonyl (C=O) groups is 1. The Morgan fingerprint density at radius 1 is 1.27 bits per heavy atom. The Bertz CT molecular complexity index is 1110. The summed E-state index contributed by atoms with van der Waals surface area (Å²) in [6.45, 7) is 2.77. The lowest BCUT2D eigenvalue weighted by molar-refractivity contribution is 0.102. The van der Waals surface area contributed by atoms with Crippen molar-refractivity contribution in [2.45, 2.75) is 13.5 Å². The van der Waals surface area contributed by atoms with Gasteiger partial charge in [0, 0.05) is 44.3 Å². The van der Waals surface area contributed by atoms with Gasteiger partial charge in [0.05, 0.1) is 10.2 Å². The van der Waals surface area contributed by atoms with E-state index in [0.29, 0.717) is 11.5 Å². The minimum absolute atomic E-state index is 0.252. The molecule has 132 valence electrons. The predicted octanol–water partition coefficient (Wildman–Crippen LogP) is 2.36. The van der Waals surface area contributed by atoms with Gasteiger partial charge >= 0.3 is 0 Å². The van der Waals surface area contributed by atoms with E-state index in [1.807, 2.05) is 23.9 Å². The third kappa shape index (κ3) is 2.88. The van der Waals surface area contributed by atoms with Crippen molar-refractivity contribution in [2.75, 3.05) is 5.32 Å². The van der Waals surface area contributed by atoms with Gasteiger partial charge < -0.3 is 5.32 Å². The van der Waals surface area contributed by atoms with Gasteiger partial charge in [0.2, 0.25) is 0 Å². The van der Waals surface area contributed by atoms with Crippen LogP contribution in [0.4, 0.5) is 5.82 Å². The van der Waals surface area contributed by atoms with E-state index in [1.165, 1.54) is 0 Å². The Labute approximate surface area is 156 Å². The highest BCUT2D eigenvalue weighted by atomic mass is 79.9. The first-order valence-corrected chi connectivity index (χ1v) is 8.73. The quantitative estimate of drug-likeness (QED) is 0.552. The molecule has 4 rings (SSSR count). The van der Waals surface area contributed by atoms with Gasteiger partial charge in [-0.1, -0.05) is 0 Å². The molecule has 0 fully saturated rings. The lowest BCUT2D eigenvalue weighted by Crippen LogP contribution is -2.13. The maximum Gasteiger partial charge on any atom is 0.277 e. The van der Waals surface area contributed by atoms with Gasteiger partial charge in [-0.3, -0.25) is 14.2 Å². The molecule has 0 radical (unpaired) electrons. The first kappa shape index (κ1) is 16.5. The Balaban J connectivity index is 1.73. The predicted molar refractivity (Wildman–Crippen MR) is 98.7 cm³/mol. The summed E-state index contributed by atoms with van der Waals surface area (Å²) in [5.74, 6) is 0.116. The fraction of sp³-hybridized carbons (Fsp3) is 0.188. The van der Waals surface area contributed by atoms with E-state index in [4.69, 9.17) is 0 Å². The molecule has 1 N–H and O–H groups in total. The van der Waals surface area contributed by atoms with E-state index in [1.54, 1.807) is 40.8 Å². The van der Waals surface area contributed by atoms with Gasteiger partial charge in [-0.2, -0.15) is 15.3 Å². The van der Waals surface area contributed by atoms with Gasteiger partial charge in [0.15, 0.2) is 17.2 Å². The van der Waals surface area contributed by atoms with Crippen LogP contribution in [0, 0.1) is 0 Å². The number of rotatable bonds is 4. The largest absolute Gasteiger partial charge is 0.304 e. The van der Waals surface area contributed by atoms with Crippen molar-refractivity contribution in [1.29, 1.82) is 0 Å². The van der Waals surface area contributed by atoms with Crippen molar-refractivity contribution in [1.82, 2.24) is 34.2 Å². The molecular formula is C16H15BrN8O. The van der Waals surface area contributed by atoms with E-state index in [2.05, 4.69) is 41.5 Å². The molecule has 0 atom stereocenters. The van der Waals surface area contributed by atoms with Crippen LogP contribution in [0.5, 0.6) is 0 Å². The van der Waals surface area contributed by atoms with Gasteiger partial charge in [0.1, 0.15) is 5.69 Å². The highest BCUT2D eigenvalue weighted by Crippen LogP contribution is 2.26. The molecular weight excluding hydrogens is 400 g/mol. The van der Waals surface area contributed by atoms with Crippen LogP contribution in [-0.2, 0) is 13.6 Å². The first-order chi connectivity index (χ1) is 12.5. The molecule has 4 aromatic rings. The van der Waals surface area contributed by atoms with E-state index >= 15 is 0 Å². The zero-order chi connectivity index (χ0) is 18.3. The summed E-state index contributed by atoms with van der Waals surface area (Å²) in [5.41, 5.74) is 2.29. The van der Waals surface area contributed by atoms with Gasteiger partial charge in [-0.05, 0) is 28.9 Å². The van der Waals surface area contributed by atoms with Crippen molar-refractivity contribution in [3.8, 4) is 11.4 Å². The highest BCUT2D eigenvalue weighted by Gasteiger charge is 2.17. The molecule has 0 spiro atoms. The topological polar surface area (TPSA) is 94.9 Å². The number of aromatic nitrogens is 7. The van der Waals surface area contributed by atoms with Crippen LogP contribution in [-0.4, -0.2) is 40.1 Å². The number of hydrogen-bond donors (Lipinski definition) is 1. The van der Waals surface area contributed by atoms with Gasteiger partial charge in [0.25, 0.3) is 5.91 Å². The Morgan fingerprint density at radius 2 is 2.12 bits per heavy atom. The summed E-state index contributed by atoms with van der Waals surface area (Å²) >= 11 is 3.53. The summed E-state index contributed by atoms with van der Waals surface area (Å²) in [6, 6.07) is 5.16. The van der Waals surface area contributed by atoms with E-state index in [0.717, 1.165) is 22.4 Å². The Hall–Kier alpha value is -3.01. The van der Waals surface area contributed by atoms with Crippen LogP contribution in [0.3, 0.4) is 0 Å². The normalized spacial score (nSPS) is 11.2. The van der Waals surface area contributed by atoms with E-state index in [9.17, 15) is 4.79 Å². The number of hydrogen-bond acceptors (Lipinski definition) is 5. The average molecular weight is 415 g/mol. The zero-order valence-electron chi connectivity index (χ0n) is 14.1. The van der Waals surface area contributed by atoms with Crippen molar-refractivity contribution in [3.05, 3.63) is 47.0 Å². The number of aryl methyl sites for hydroxylation is 2. The monoisotopic (exact) mass is 414 g/mol. The lowest BCUT2D eigenvalue weighted by atomic mass is 10.3. The molecule has 0 aromatic carbocycles. The molecule has 4 heterocycles. The SMILES string of the molecule is CCn1cc(Br)c(-c2ccnc3cc(C(=O)Nc4ccn(C)n4)nn23)n1. The zero-order valence-corrected chi connectivity index (χ0v) is 15.7. The number of amides is 1. The molecule has 0 aliphatic heterocycles. The fourth-order valence-electron chi connectivity index (χ4n) is 2.58. The van der Waals surface area contributed by atoms with Crippen LogP contribution in [0.2, 0.25) is 0 Å². The maximum atomic E-state index is 12.5. The molecule has 9 nitrogen and oxygen atoms in total. The van der Waals surface area contributed by atoms with E-state index < -0.39 is 0 Å². The van der Waals surface area contributed by atoms with Crippen molar-refractivity contribution in [3.63, 3.8) is 0 Å². The van der Waals surface area contributed by atoms with Crippen LogP contribution in [0.1, 0.15) is 17.4 Å². The van der Waals surface area contributed by atoms with Crippen LogP contribution < -0.4 is 5.32 Å². The Morgan fingerprint density at radius 3 is 2.81 bits per heavy atom. The Kier molecular flexibility index (Phi) is 4.03. The maximum absolute atomic E-state index is 12.5. The summed E-state index contributed by atoms with van der Waals surface area (Å²) < 4.78 is 5.90. The second kappa shape index (κ2) is 6.37. The number of carbonyl (C=O) groups excluding carboxylic acids is 1. The number of fused-ring (bicyclic) bond motifs is 1. The van der Waals surface area contributed by atoms with Crippen LogP contribution in [0.25, 0.3) is 17.0 Å². The third-order valence-electron chi connectivity index (χ3n) is 3.83. The first-order valence-electron chi connectivity index (χ1n) is 7.94. The number of nitrogens with one attached hydrogen (secondary N) is 1. The molecule has 0 saturated heterocycles. The molecule has 10 heteroatoms. The molecule has 0 bridgehead atoms. The summed E-state index contributed by atoms with van der Waals surface area (Å²) in [7, 11) is 1.78. The van der Waals surface area contributed by atoms with Gasteiger partial charge in [-0.15, -0.1) is 0 Å². The molecule has 0 aliphatic rings. The minimum atomic E-state index is -0.349. The molecule has 0 unspecified atom stereocenters. The molecule has 26 heavy (non-hydrogen) atoms. The minimum Gasteiger partial charge on any atom is -0.304 e. The summed E-state index contributed by atoms with van der Waals surface area (Å²) in [6.07, 6.45) is 5.32. The number of nitrogens with zero attached hydrogens (tertiary/aromatic N) is 7. The molecule has 1 amide bonds. The van der Waals surface area contributed by atoms with Crippen LogP contribution in [0.15, 0.2) is 41.3 Å². The summed E-state index contributed by atoms with van der Waals surface area (Å²) in [5, 5.41) is 15.8. The van der Waals surface area contributed by atoms with Crippen molar-refractivity contribution < 1.29 is 4.79 Å². The summed E-state index contributed by atoms with van der Waals surface area (Å²) in [4.78, 5) is 16.8. The lowest BCUT2D eigenvalue weighted by Gasteiger charge is -2.01. The smallest absolute Gasteiger partial charge is 0.277 e. The van der Waals surface area contributed by atoms with Crippen molar-refractivity contribution >= 4 is 33.3 Å². The molecule has 0 saturated carbocycles. The number of halogens is 1. The fourth-order valence-corrected chi connectivity index (χ4v) is 3.10. The van der Waals surface area contributed by atoms with E-state index in [-0.39, 0.29) is 11.6 Å². The van der Waals surface area contributed by atoms with Crippen molar-refractivity contribution in [2.24, 2.45) is 7.05 Å². The number of anilines is 1. The second-order valence-corrected chi connectivity index (χ2v) is 6.49.